The largest absolute Gasteiger partial charge is 0.370 e. The van der Waals surface area contributed by atoms with Gasteiger partial charge in [0.1, 0.15) is 0 Å². The van der Waals surface area contributed by atoms with Crippen molar-refractivity contribution in [3.8, 4) is 0 Å². The highest BCUT2D eigenvalue weighted by Gasteiger charge is 2.15. The molecule has 0 atom stereocenters. The molecule has 0 bridgehead atoms. The van der Waals surface area contributed by atoms with Crippen LogP contribution in [0, 0.1) is 0 Å². The summed E-state index contributed by atoms with van der Waals surface area (Å²) in [5.74, 6) is -0.145. The fraction of sp³-hybridized carbons (Fsp3) is 0.333. The van der Waals surface area contributed by atoms with Crippen molar-refractivity contribution in [3.63, 3.8) is 0 Å². The highest BCUT2D eigenvalue weighted by Crippen LogP contribution is 2.28. The molecule has 6 nitrogen and oxygen atoms in total. The molecule has 0 aromatic heterocycles. The third kappa shape index (κ3) is 5.48. The molecule has 1 aliphatic heterocycles. The van der Waals surface area contributed by atoms with Crippen molar-refractivity contribution >= 4 is 23.3 Å². The van der Waals surface area contributed by atoms with E-state index >= 15 is 0 Å². The summed E-state index contributed by atoms with van der Waals surface area (Å²) in [5.41, 5.74) is 2.48. The van der Waals surface area contributed by atoms with Crippen LogP contribution < -0.4 is 20.9 Å². The van der Waals surface area contributed by atoms with Gasteiger partial charge in [-0.25, -0.2) is 4.79 Å². The van der Waals surface area contributed by atoms with E-state index in [-0.39, 0.29) is 11.9 Å². The number of urea groups is 1. The third-order valence-corrected chi connectivity index (χ3v) is 4.58. The third-order valence-electron chi connectivity index (χ3n) is 4.58. The molecular weight excluding hydrogens is 340 g/mol. The molecule has 0 unspecified atom stereocenters. The Morgan fingerprint density at radius 2 is 1.48 bits per heavy atom. The summed E-state index contributed by atoms with van der Waals surface area (Å²) in [7, 11) is 0. The van der Waals surface area contributed by atoms with Gasteiger partial charge in [0.2, 0.25) is 0 Å². The molecule has 6 heteroatoms. The maximum atomic E-state index is 12.2. The summed E-state index contributed by atoms with van der Waals surface area (Å²) in [6.07, 6.45) is 3.63. The Labute approximate surface area is 159 Å². The lowest BCUT2D eigenvalue weighted by molar-refractivity contribution is 0.0954. The van der Waals surface area contributed by atoms with Crippen molar-refractivity contribution in [2.75, 3.05) is 36.4 Å². The highest BCUT2D eigenvalue weighted by atomic mass is 16.2. The molecule has 0 radical (unpaired) electrons. The van der Waals surface area contributed by atoms with Gasteiger partial charge in [0.25, 0.3) is 5.91 Å². The monoisotopic (exact) mass is 366 g/mol. The Morgan fingerprint density at radius 3 is 2.26 bits per heavy atom. The first-order chi connectivity index (χ1) is 13.2. The first-order valence-electron chi connectivity index (χ1n) is 9.46. The smallest absolute Gasteiger partial charge is 0.319 e. The van der Waals surface area contributed by atoms with E-state index in [1.54, 1.807) is 12.1 Å². The molecule has 2 aromatic rings. The van der Waals surface area contributed by atoms with E-state index in [1.807, 2.05) is 42.5 Å². The Kier molecular flexibility index (Phi) is 6.68. The molecule has 3 N–H and O–H groups in total. The van der Waals surface area contributed by atoms with Gasteiger partial charge >= 0.3 is 6.03 Å². The van der Waals surface area contributed by atoms with Gasteiger partial charge in [-0.3, -0.25) is 4.79 Å². The SMILES string of the molecule is O=C(NCCNC(=O)c1ccccc1)Nc1ccccc1N1CCCCC1. The second-order valence-corrected chi connectivity index (χ2v) is 6.57. The van der Waals surface area contributed by atoms with Gasteiger partial charge < -0.3 is 20.9 Å². The summed E-state index contributed by atoms with van der Waals surface area (Å²) in [5, 5.41) is 8.50. The molecule has 27 heavy (non-hydrogen) atoms. The standard InChI is InChI=1S/C21H26N4O2/c26-20(17-9-3-1-4-10-17)22-13-14-23-21(27)24-18-11-5-6-12-19(18)25-15-7-2-8-16-25/h1,3-6,9-12H,2,7-8,13-16H2,(H,22,26)(H2,23,24,27). The lowest BCUT2D eigenvalue weighted by Gasteiger charge is -2.30. The van der Waals surface area contributed by atoms with Gasteiger partial charge in [-0.1, -0.05) is 30.3 Å². The summed E-state index contributed by atoms with van der Waals surface area (Å²) in [4.78, 5) is 26.5. The number of benzene rings is 2. The average molecular weight is 366 g/mol. The van der Waals surface area contributed by atoms with Gasteiger partial charge in [0.05, 0.1) is 11.4 Å². The second-order valence-electron chi connectivity index (χ2n) is 6.57. The number of amides is 3. The zero-order valence-corrected chi connectivity index (χ0v) is 15.4. The van der Waals surface area contributed by atoms with Crippen molar-refractivity contribution in [1.82, 2.24) is 10.6 Å². The van der Waals surface area contributed by atoms with Gasteiger partial charge in [0, 0.05) is 31.7 Å². The van der Waals surface area contributed by atoms with Crippen LogP contribution in [-0.2, 0) is 0 Å². The lowest BCUT2D eigenvalue weighted by Crippen LogP contribution is -2.37. The fourth-order valence-electron chi connectivity index (χ4n) is 3.20. The van der Waals surface area contributed by atoms with E-state index in [0.717, 1.165) is 24.5 Å². The van der Waals surface area contributed by atoms with Crippen LogP contribution in [0.15, 0.2) is 54.6 Å². The van der Waals surface area contributed by atoms with Crippen LogP contribution in [0.1, 0.15) is 29.6 Å². The molecular formula is C21H26N4O2. The number of piperidine rings is 1. The maximum Gasteiger partial charge on any atom is 0.319 e. The first kappa shape index (κ1) is 18.8. The molecule has 0 aliphatic carbocycles. The topological polar surface area (TPSA) is 73.5 Å². The molecule has 1 heterocycles. The minimum atomic E-state index is -0.270. The van der Waals surface area contributed by atoms with Crippen LogP contribution in [0.3, 0.4) is 0 Å². The predicted octanol–water partition coefficient (Wildman–Crippen LogP) is 3.23. The summed E-state index contributed by atoms with van der Waals surface area (Å²) >= 11 is 0. The highest BCUT2D eigenvalue weighted by molar-refractivity contribution is 5.94. The number of rotatable bonds is 6. The average Bonchev–Trinajstić information content (AvgIpc) is 2.73. The maximum absolute atomic E-state index is 12.2. The number of carbonyl (C=O) groups excluding carboxylic acids is 2. The molecule has 1 aliphatic rings. The van der Waals surface area contributed by atoms with Gasteiger partial charge in [0.15, 0.2) is 0 Å². The van der Waals surface area contributed by atoms with Crippen molar-refractivity contribution < 1.29 is 9.59 Å². The van der Waals surface area contributed by atoms with Gasteiger partial charge in [-0.05, 0) is 43.5 Å². The Hall–Kier alpha value is -3.02. The van der Waals surface area contributed by atoms with Crippen LogP contribution in [0.4, 0.5) is 16.2 Å². The Bertz CT molecular complexity index is 758. The molecule has 0 spiro atoms. The molecule has 142 valence electrons. The molecule has 3 amide bonds. The fourth-order valence-corrected chi connectivity index (χ4v) is 3.20. The molecule has 3 rings (SSSR count). The van der Waals surface area contributed by atoms with Crippen LogP contribution in [0.5, 0.6) is 0 Å². The minimum Gasteiger partial charge on any atom is -0.370 e. The minimum absolute atomic E-state index is 0.145. The Morgan fingerprint density at radius 1 is 0.815 bits per heavy atom. The van der Waals surface area contributed by atoms with Crippen molar-refractivity contribution in [2.45, 2.75) is 19.3 Å². The number of para-hydroxylation sites is 2. The predicted molar refractivity (Wildman–Crippen MR) is 108 cm³/mol. The number of hydrogen-bond donors (Lipinski definition) is 3. The van der Waals surface area contributed by atoms with Gasteiger partial charge in [-0.15, -0.1) is 0 Å². The van der Waals surface area contributed by atoms with Gasteiger partial charge in [-0.2, -0.15) is 0 Å². The van der Waals surface area contributed by atoms with Crippen molar-refractivity contribution in [2.24, 2.45) is 0 Å². The first-order valence-corrected chi connectivity index (χ1v) is 9.46. The van der Waals surface area contributed by atoms with Crippen LogP contribution >= 0.6 is 0 Å². The van der Waals surface area contributed by atoms with E-state index in [0.29, 0.717) is 18.7 Å². The lowest BCUT2D eigenvalue weighted by atomic mass is 10.1. The summed E-state index contributed by atoms with van der Waals surface area (Å²) < 4.78 is 0. The van der Waals surface area contributed by atoms with E-state index < -0.39 is 0 Å². The van der Waals surface area contributed by atoms with Crippen LogP contribution in [0.2, 0.25) is 0 Å². The zero-order chi connectivity index (χ0) is 18.9. The van der Waals surface area contributed by atoms with E-state index in [4.69, 9.17) is 0 Å². The summed E-state index contributed by atoms with van der Waals surface area (Å²) in [6.45, 7) is 2.77. The van der Waals surface area contributed by atoms with Crippen molar-refractivity contribution in [1.29, 1.82) is 0 Å². The van der Waals surface area contributed by atoms with Crippen molar-refractivity contribution in [3.05, 3.63) is 60.2 Å². The molecule has 0 saturated carbocycles. The Balaban J connectivity index is 1.45. The summed E-state index contributed by atoms with van der Waals surface area (Å²) in [6, 6.07) is 16.6. The number of anilines is 2. The second kappa shape index (κ2) is 9.62. The van der Waals surface area contributed by atoms with E-state index in [9.17, 15) is 9.59 Å². The molecule has 2 aromatic carbocycles. The van der Waals surface area contributed by atoms with Crippen LogP contribution in [-0.4, -0.2) is 38.1 Å². The molecule has 1 fully saturated rings. The number of carbonyl (C=O) groups is 2. The zero-order valence-electron chi connectivity index (χ0n) is 15.4. The van der Waals surface area contributed by atoms with E-state index in [2.05, 4.69) is 20.9 Å². The van der Waals surface area contributed by atoms with E-state index in [1.165, 1.54) is 19.3 Å². The quantitative estimate of drug-likeness (QED) is 0.687. The number of nitrogens with one attached hydrogen (secondary N) is 3. The number of hydrogen-bond acceptors (Lipinski definition) is 3. The van der Waals surface area contributed by atoms with Crippen LogP contribution in [0.25, 0.3) is 0 Å². The number of nitrogens with zero attached hydrogens (tertiary/aromatic N) is 1. The molecule has 1 saturated heterocycles. The normalized spacial score (nSPS) is 13.7.